The topological polar surface area (TPSA) is 38.7 Å². The summed E-state index contributed by atoms with van der Waals surface area (Å²) >= 11 is 1.81. The predicted molar refractivity (Wildman–Crippen MR) is 167 cm³/mol. The van der Waals surface area contributed by atoms with E-state index in [1.165, 1.54) is 41.7 Å². The van der Waals surface area contributed by atoms with Crippen LogP contribution in [0.4, 0.5) is 0 Å². The van der Waals surface area contributed by atoms with E-state index in [-0.39, 0.29) is 0 Å². The van der Waals surface area contributed by atoms with Crippen LogP contribution >= 0.6 is 11.3 Å². The molecule has 1 aliphatic heterocycles. The van der Waals surface area contributed by atoms with Crippen molar-refractivity contribution < 1.29 is 0 Å². The number of hydrogen-bond acceptors (Lipinski definition) is 4. The fourth-order valence-electron chi connectivity index (χ4n) is 5.89. The van der Waals surface area contributed by atoms with Crippen molar-refractivity contribution >= 4 is 50.7 Å². The van der Waals surface area contributed by atoms with Crippen LogP contribution in [-0.2, 0) is 0 Å². The smallest absolute Gasteiger partial charge is 0.164 e. The van der Waals surface area contributed by atoms with Gasteiger partial charge in [0.25, 0.3) is 0 Å². The molecule has 5 heteroatoms. The molecule has 0 saturated heterocycles. The third-order valence-corrected chi connectivity index (χ3v) is 11.8. The van der Waals surface area contributed by atoms with Crippen LogP contribution in [0.25, 0.3) is 65.5 Å². The number of fused-ring (bicyclic) bond motifs is 6. The molecular formula is C34H23N3SSi. The molecule has 8 rings (SSSR count). The highest BCUT2D eigenvalue weighted by Gasteiger charge is 2.29. The zero-order chi connectivity index (χ0) is 25.9. The van der Waals surface area contributed by atoms with Crippen LogP contribution in [0.1, 0.15) is 0 Å². The molecule has 1 atom stereocenters. The minimum Gasteiger partial charge on any atom is -0.208 e. The Bertz CT molecular complexity index is 2050. The largest absolute Gasteiger partial charge is 0.208 e. The van der Waals surface area contributed by atoms with Crippen LogP contribution in [0.15, 0.2) is 115 Å². The van der Waals surface area contributed by atoms with Crippen molar-refractivity contribution in [1.29, 1.82) is 0 Å². The molecule has 5 aromatic carbocycles. The van der Waals surface area contributed by atoms with Crippen molar-refractivity contribution in [2.45, 2.75) is 6.55 Å². The molecule has 0 aliphatic carbocycles. The zero-order valence-corrected chi connectivity index (χ0v) is 23.3. The average molecular weight is 534 g/mol. The number of benzene rings is 5. The van der Waals surface area contributed by atoms with E-state index in [9.17, 15) is 0 Å². The monoisotopic (exact) mass is 533 g/mol. The summed E-state index contributed by atoms with van der Waals surface area (Å²) in [5.41, 5.74) is 5.70. The van der Waals surface area contributed by atoms with Crippen LogP contribution in [0, 0.1) is 0 Å². The molecule has 2 aromatic heterocycles. The van der Waals surface area contributed by atoms with E-state index >= 15 is 0 Å². The van der Waals surface area contributed by atoms with Gasteiger partial charge in [-0.1, -0.05) is 115 Å². The second-order valence-corrected chi connectivity index (χ2v) is 13.8. The van der Waals surface area contributed by atoms with Crippen molar-refractivity contribution in [3.8, 4) is 45.3 Å². The van der Waals surface area contributed by atoms with Gasteiger partial charge in [0.05, 0.1) is 0 Å². The predicted octanol–water partition coefficient (Wildman–Crippen LogP) is 7.19. The van der Waals surface area contributed by atoms with Crippen LogP contribution in [0.5, 0.6) is 0 Å². The molecule has 0 saturated carbocycles. The molecule has 39 heavy (non-hydrogen) atoms. The van der Waals surface area contributed by atoms with Gasteiger partial charge in [0.1, 0.15) is 8.80 Å². The summed E-state index contributed by atoms with van der Waals surface area (Å²) in [6.45, 7) is 2.42. The first-order chi connectivity index (χ1) is 19.2. The third-order valence-electron chi connectivity index (χ3n) is 7.81. The highest BCUT2D eigenvalue weighted by molar-refractivity contribution is 7.25. The Morgan fingerprint density at radius 1 is 0.513 bits per heavy atom. The second kappa shape index (κ2) is 8.80. The molecule has 0 spiro atoms. The minimum atomic E-state index is -1.25. The van der Waals surface area contributed by atoms with Gasteiger partial charge in [-0.2, -0.15) is 0 Å². The number of nitrogens with zero attached hydrogens (tertiary/aromatic N) is 3. The van der Waals surface area contributed by atoms with Crippen molar-refractivity contribution in [1.82, 2.24) is 15.0 Å². The lowest BCUT2D eigenvalue weighted by Crippen LogP contribution is -2.34. The third kappa shape index (κ3) is 3.58. The normalized spacial score (nSPS) is 14.0. The molecule has 184 valence electrons. The SMILES string of the molecule is C[SiH]1c2ccccc2-c2c(-c3nc(-c4ccccc4)nc(-c4ccc5c(c4)sc4ccccc45)n3)cccc21. The molecule has 7 aromatic rings. The molecule has 3 nitrogen and oxygen atoms in total. The summed E-state index contributed by atoms with van der Waals surface area (Å²) in [5, 5.41) is 5.52. The Morgan fingerprint density at radius 3 is 2.08 bits per heavy atom. The summed E-state index contributed by atoms with van der Waals surface area (Å²) in [6, 6.07) is 40.9. The standard InChI is InChI=1S/C34H23N3SSi/c1-39-29-16-8-6-13-25(29)31-26(14-9-17-30(31)39)34-36-32(21-10-3-2-4-11-21)35-33(37-34)22-18-19-24-23-12-5-7-15-27(23)38-28(24)20-22/h2-20,39H,1H3. The molecule has 1 aliphatic rings. The minimum absolute atomic E-state index is 0.696. The van der Waals surface area contributed by atoms with Crippen LogP contribution < -0.4 is 10.4 Å². The Kier molecular flexibility index (Phi) is 5.08. The quantitative estimate of drug-likeness (QED) is 0.226. The lowest BCUT2D eigenvalue weighted by Gasteiger charge is -2.12. The van der Waals surface area contributed by atoms with E-state index in [2.05, 4.69) is 104 Å². The fraction of sp³-hybridized carbons (Fsp3) is 0.0294. The van der Waals surface area contributed by atoms with Crippen molar-refractivity contribution in [3.63, 3.8) is 0 Å². The summed E-state index contributed by atoms with van der Waals surface area (Å²) in [6.07, 6.45) is 0. The van der Waals surface area contributed by atoms with Crippen LogP contribution in [-0.4, -0.2) is 23.7 Å². The molecule has 0 amide bonds. The van der Waals surface area contributed by atoms with E-state index in [0.717, 1.165) is 22.5 Å². The number of thiophene rings is 1. The Morgan fingerprint density at radius 2 is 1.18 bits per heavy atom. The fourth-order valence-corrected chi connectivity index (χ4v) is 9.63. The Labute approximate surface area is 232 Å². The summed E-state index contributed by atoms with van der Waals surface area (Å²) in [7, 11) is -1.25. The molecule has 0 bridgehead atoms. The number of aromatic nitrogens is 3. The van der Waals surface area contributed by atoms with Gasteiger partial charge in [0.15, 0.2) is 17.5 Å². The first kappa shape index (κ1) is 22.5. The van der Waals surface area contributed by atoms with Gasteiger partial charge >= 0.3 is 0 Å². The van der Waals surface area contributed by atoms with Gasteiger partial charge in [-0.25, -0.2) is 15.0 Å². The molecule has 0 N–H and O–H groups in total. The lowest BCUT2D eigenvalue weighted by molar-refractivity contribution is 1.08. The number of rotatable bonds is 3. The van der Waals surface area contributed by atoms with Gasteiger partial charge in [-0.15, -0.1) is 11.3 Å². The molecule has 0 fully saturated rings. The summed E-state index contributed by atoms with van der Waals surface area (Å²) in [4.78, 5) is 15.2. The van der Waals surface area contributed by atoms with Crippen LogP contribution in [0.3, 0.4) is 0 Å². The summed E-state index contributed by atoms with van der Waals surface area (Å²) < 4.78 is 2.54. The summed E-state index contributed by atoms with van der Waals surface area (Å²) in [5.74, 6) is 2.12. The molecular weight excluding hydrogens is 511 g/mol. The van der Waals surface area contributed by atoms with E-state index in [1.54, 1.807) is 0 Å². The van der Waals surface area contributed by atoms with E-state index < -0.39 is 8.80 Å². The highest BCUT2D eigenvalue weighted by Crippen LogP contribution is 2.37. The average Bonchev–Trinajstić information content (AvgIpc) is 3.52. The van der Waals surface area contributed by atoms with Crippen molar-refractivity contribution in [2.75, 3.05) is 0 Å². The van der Waals surface area contributed by atoms with Gasteiger partial charge in [0.2, 0.25) is 0 Å². The number of hydrogen-bond donors (Lipinski definition) is 0. The Balaban J connectivity index is 1.36. The Hall–Kier alpha value is -4.45. The molecule has 0 radical (unpaired) electrons. The maximum absolute atomic E-state index is 5.13. The highest BCUT2D eigenvalue weighted by atomic mass is 32.1. The molecule has 3 heterocycles. The van der Waals surface area contributed by atoms with E-state index in [4.69, 9.17) is 15.0 Å². The first-order valence-corrected chi connectivity index (χ1v) is 16.3. The zero-order valence-electron chi connectivity index (χ0n) is 21.3. The van der Waals surface area contributed by atoms with Gasteiger partial charge in [-0.3, -0.25) is 0 Å². The van der Waals surface area contributed by atoms with Crippen molar-refractivity contribution in [3.05, 3.63) is 115 Å². The maximum atomic E-state index is 5.13. The van der Waals surface area contributed by atoms with E-state index in [0.29, 0.717) is 11.6 Å². The molecule has 1 unspecified atom stereocenters. The van der Waals surface area contributed by atoms with Crippen molar-refractivity contribution in [2.24, 2.45) is 0 Å². The van der Waals surface area contributed by atoms with Crippen LogP contribution in [0.2, 0.25) is 6.55 Å². The lowest BCUT2D eigenvalue weighted by atomic mass is 9.99. The first-order valence-electron chi connectivity index (χ1n) is 13.2. The van der Waals surface area contributed by atoms with Gasteiger partial charge in [0, 0.05) is 36.9 Å². The second-order valence-electron chi connectivity index (χ2n) is 10.1. The van der Waals surface area contributed by atoms with E-state index in [1.807, 2.05) is 29.5 Å². The van der Waals surface area contributed by atoms with Gasteiger partial charge < -0.3 is 0 Å². The van der Waals surface area contributed by atoms with Gasteiger partial charge in [-0.05, 0) is 28.4 Å². The maximum Gasteiger partial charge on any atom is 0.164 e.